The van der Waals surface area contributed by atoms with E-state index in [9.17, 15) is 0 Å². The molecule has 3 nitrogen and oxygen atoms in total. The highest BCUT2D eigenvalue weighted by Crippen LogP contribution is 2.39. The molecule has 1 aromatic carbocycles. The lowest BCUT2D eigenvalue weighted by Gasteiger charge is -2.22. The second kappa shape index (κ2) is 5.05. The van der Waals surface area contributed by atoms with Crippen LogP contribution in [-0.4, -0.2) is 12.8 Å². The van der Waals surface area contributed by atoms with Crippen molar-refractivity contribution in [1.82, 2.24) is 0 Å². The summed E-state index contributed by atoms with van der Waals surface area (Å²) in [6, 6.07) is 4.13. The maximum Gasteiger partial charge on any atom is 0.231 e. The molecule has 0 fully saturated rings. The minimum Gasteiger partial charge on any atom is -0.454 e. The van der Waals surface area contributed by atoms with Crippen LogP contribution in [0.25, 0.3) is 0 Å². The molecule has 1 atom stereocenters. The molecule has 1 N–H and O–H groups in total. The average Bonchev–Trinajstić information content (AvgIpc) is 2.72. The van der Waals surface area contributed by atoms with E-state index in [2.05, 4.69) is 26.1 Å². The van der Waals surface area contributed by atoms with E-state index in [4.69, 9.17) is 21.1 Å². The van der Waals surface area contributed by atoms with Gasteiger partial charge in [0, 0.05) is 18.2 Å². The molecule has 0 radical (unpaired) electrons. The summed E-state index contributed by atoms with van der Waals surface area (Å²) in [6.07, 6.45) is 1.06. The number of hydrogen-bond acceptors (Lipinski definition) is 3. The van der Waals surface area contributed by atoms with E-state index in [1.54, 1.807) is 6.07 Å². The number of halogens is 1. The van der Waals surface area contributed by atoms with E-state index in [0.29, 0.717) is 17.0 Å². The largest absolute Gasteiger partial charge is 0.454 e. The molecule has 1 aliphatic rings. The van der Waals surface area contributed by atoms with E-state index in [-0.39, 0.29) is 6.79 Å². The number of ether oxygens (including phenoxy) is 2. The Morgan fingerprint density at radius 2 is 1.94 bits per heavy atom. The van der Waals surface area contributed by atoms with Crippen molar-refractivity contribution in [1.29, 1.82) is 0 Å². The monoisotopic (exact) mass is 255 g/mol. The van der Waals surface area contributed by atoms with Crippen molar-refractivity contribution in [2.45, 2.75) is 33.2 Å². The van der Waals surface area contributed by atoms with Gasteiger partial charge in [0.05, 0.1) is 10.7 Å². The Kier molecular flexibility index (Phi) is 3.67. The van der Waals surface area contributed by atoms with Crippen LogP contribution in [0.4, 0.5) is 5.69 Å². The van der Waals surface area contributed by atoms with Gasteiger partial charge in [0.1, 0.15) is 0 Å². The third-order valence-corrected chi connectivity index (χ3v) is 3.36. The van der Waals surface area contributed by atoms with E-state index in [1.165, 1.54) is 0 Å². The van der Waals surface area contributed by atoms with Gasteiger partial charge in [-0.1, -0.05) is 32.4 Å². The lowest BCUT2D eigenvalue weighted by Crippen LogP contribution is -2.24. The molecular weight excluding hydrogens is 238 g/mol. The van der Waals surface area contributed by atoms with Crippen LogP contribution in [0.15, 0.2) is 12.1 Å². The summed E-state index contributed by atoms with van der Waals surface area (Å²) in [5.41, 5.74) is 0.913. The number of anilines is 1. The molecule has 0 aromatic heterocycles. The molecule has 1 aromatic rings. The highest BCUT2D eigenvalue weighted by molar-refractivity contribution is 6.33. The van der Waals surface area contributed by atoms with Gasteiger partial charge in [0.15, 0.2) is 11.5 Å². The summed E-state index contributed by atoms with van der Waals surface area (Å²) < 4.78 is 10.6. The van der Waals surface area contributed by atoms with Crippen molar-refractivity contribution < 1.29 is 9.47 Å². The van der Waals surface area contributed by atoms with Crippen molar-refractivity contribution in [3.05, 3.63) is 17.2 Å². The van der Waals surface area contributed by atoms with Crippen molar-refractivity contribution in [3.8, 4) is 11.5 Å². The van der Waals surface area contributed by atoms with Crippen molar-refractivity contribution in [2.75, 3.05) is 12.1 Å². The number of benzene rings is 1. The van der Waals surface area contributed by atoms with Gasteiger partial charge >= 0.3 is 0 Å². The first kappa shape index (κ1) is 12.4. The van der Waals surface area contributed by atoms with Crippen LogP contribution >= 0.6 is 11.6 Å². The minimum atomic E-state index is 0.274. The van der Waals surface area contributed by atoms with Crippen LogP contribution in [0.3, 0.4) is 0 Å². The first-order valence-electron chi connectivity index (χ1n) is 5.97. The molecule has 0 spiro atoms. The lowest BCUT2D eigenvalue weighted by atomic mass is 10.0. The van der Waals surface area contributed by atoms with Crippen LogP contribution in [0, 0.1) is 5.92 Å². The minimum absolute atomic E-state index is 0.274. The van der Waals surface area contributed by atoms with Gasteiger partial charge in [-0.2, -0.15) is 0 Å². The first-order valence-corrected chi connectivity index (χ1v) is 6.35. The van der Waals surface area contributed by atoms with Crippen molar-refractivity contribution in [3.63, 3.8) is 0 Å². The fourth-order valence-electron chi connectivity index (χ4n) is 1.97. The fourth-order valence-corrected chi connectivity index (χ4v) is 2.18. The second-order valence-electron chi connectivity index (χ2n) is 4.59. The van der Waals surface area contributed by atoms with Crippen LogP contribution in [0.5, 0.6) is 11.5 Å². The molecule has 1 heterocycles. The molecule has 2 rings (SSSR count). The highest BCUT2D eigenvalue weighted by Gasteiger charge is 2.18. The molecule has 1 aliphatic heterocycles. The van der Waals surface area contributed by atoms with Gasteiger partial charge in [0.2, 0.25) is 6.79 Å². The summed E-state index contributed by atoms with van der Waals surface area (Å²) in [4.78, 5) is 0. The number of hydrogen-bond donors (Lipinski definition) is 1. The zero-order valence-electron chi connectivity index (χ0n) is 10.4. The Morgan fingerprint density at radius 3 is 2.53 bits per heavy atom. The van der Waals surface area contributed by atoms with Crippen LogP contribution in [-0.2, 0) is 0 Å². The molecule has 0 saturated heterocycles. The van der Waals surface area contributed by atoms with Gasteiger partial charge < -0.3 is 14.8 Å². The molecule has 94 valence electrons. The lowest BCUT2D eigenvalue weighted by molar-refractivity contribution is 0.174. The molecule has 4 heteroatoms. The maximum absolute atomic E-state index is 6.22. The number of nitrogens with one attached hydrogen (secondary N) is 1. The van der Waals surface area contributed by atoms with Gasteiger partial charge in [-0.3, -0.25) is 0 Å². The van der Waals surface area contributed by atoms with Crippen LogP contribution in [0.2, 0.25) is 5.02 Å². The average molecular weight is 256 g/mol. The topological polar surface area (TPSA) is 30.5 Å². The first-order chi connectivity index (χ1) is 8.11. The van der Waals surface area contributed by atoms with E-state index < -0.39 is 0 Å². The molecule has 0 aliphatic carbocycles. The smallest absolute Gasteiger partial charge is 0.231 e. The molecule has 17 heavy (non-hydrogen) atoms. The predicted molar refractivity (Wildman–Crippen MR) is 70.1 cm³/mol. The van der Waals surface area contributed by atoms with E-state index in [0.717, 1.165) is 23.6 Å². The standard InChI is InChI=1S/C13H18ClNO2/c1-4-10(8(2)3)15-11-6-13-12(5-9(11)14)16-7-17-13/h5-6,8,10,15H,4,7H2,1-3H3. The molecular formula is C13H18ClNO2. The summed E-state index contributed by atoms with van der Waals surface area (Å²) in [5, 5.41) is 4.13. The Balaban J connectivity index is 2.21. The van der Waals surface area contributed by atoms with Crippen molar-refractivity contribution in [2.24, 2.45) is 5.92 Å². The number of rotatable bonds is 4. The predicted octanol–water partition coefficient (Wildman–Crippen LogP) is 3.92. The van der Waals surface area contributed by atoms with Crippen LogP contribution in [0.1, 0.15) is 27.2 Å². The van der Waals surface area contributed by atoms with Gasteiger partial charge in [-0.25, -0.2) is 0 Å². The van der Waals surface area contributed by atoms with E-state index >= 15 is 0 Å². The Morgan fingerprint density at radius 1 is 1.29 bits per heavy atom. The maximum atomic E-state index is 6.22. The summed E-state index contributed by atoms with van der Waals surface area (Å²) >= 11 is 6.22. The van der Waals surface area contributed by atoms with Crippen LogP contribution < -0.4 is 14.8 Å². The van der Waals surface area contributed by atoms with E-state index in [1.807, 2.05) is 6.07 Å². The fraction of sp³-hybridized carbons (Fsp3) is 0.538. The third-order valence-electron chi connectivity index (χ3n) is 3.05. The molecule has 1 unspecified atom stereocenters. The quantitative estimate of drug-likeness (QED) is 0.885. The number of fused-ring (bicyclic) bond motifs is 1. The van der Waals surface area contributed by atoms with Gasteiger partial charge in [-0.05, 0) is 12.3 Å². The summed E-state index contributed by atoms with van der Waals surface area (Å²) in [7, 11) is 0. The Hall–Kier alpha value is -1.09. The van der Waals surface area contributed by atoms with Gasteiger partial charge in [0.25, 0.3) is 0 Å². The summed E-state index contributed by atoms with van der Waals surface area (Å²) in [5.74, 6) is 2.04. The molecule has 0 amide bonds. The second-order valence-corrected chi connectivity index (χ2v) is 5.00. The highest BCUT2D eigenvalue weighted by atomic mass is 35.5. The molecule has 0 bridgehead atoms. The zero-order chi connectivity index (χ0) is 12.4. The Labute approximate surface area is 107 Å². The zero-order valence-corrected chi connectivity index (χ0v) is 11.2. The third kappa shape index (κ3) is 2.60. The summed E-state index contributed by atoms with van der Waals surface area (Å²) in [6.45, 7) is 6.83. The normalized spacial score (nSPS) is 15.1. The van der Waals surface area contributed by atoms with Gasteiger partial charge in [-0.15, -0.1) is 0 Å². The SMILES string of the molecule is CCC(Nc1cc2c(cc1Cl)OCO2)C(C)C. The Bertz CT molecular complexity index is 407. The molecule has 0 saturated carbocycles. The van der Waals surface area contributed by atoms with Crippen molar-refractivity contribution >= 4 is 17.3 Å².